The first-order chi connectivity index (χ1) is 12.1. The topological polar surface area (TPSA) is 67.3 Å². The average Bonchev–Trinajstić information content (AvgIpc) is 3.19. The lowest BCUT2D eigenvalue weighted by atomic mass is 10.0. The number of nitrogens with zero attached hydrogens (tertiary/aromatic N) is 3. The maximum absolute atomic E-state index is 12.1. The minimum Gasteiger partial charge on any atom is -0.447 e. The molecule has 130 valence electrons. The molecule has 0 radical (unpaired) electrons. The number of hydrogen-bond acceptors (Lipinski definition) is 5. The van der Waals surface area contributed by atoms with Crippen molar-refractivity contribution in [3.8, 4) is 0 Å². The number of nitrogens with one attached hydrogen (secondary N) is 1. The summed E-state index contributed by atoms with van der Waals surface area (Å²) in [6.07, 6.45) is 3.43. The zero-order valence-corrected chi connectivity index (χ0v) is 14.5. The van der Waals surface area contributed by atoms with Crippen LogP contribution in [0.2, 0.25) is 0 Å². The first-order valence-electron chi connectivity index (χ1n) is 8.77. The molecule has 2 aromatic rings. The van der Waals surface area contributed by atoms with E-state index in [2.05, 4.69) is 53.4 Å². The number of anilines is 2. The molecule has 1 aromatic carbocycles. The molecule has 2 aliphatic rings. The van der Waals surface area contributed by atoms with Gasteiger partial charge in [-0.2, -0.15) is 4.98 Å². The van der Waals surface area contributed by atoms with Crippen molar-refractivity contribution < 1.29 is 9.53 Å². The fourth-order valence-electron chi connectivity index (χ4n) is 3.61. The number of benzene rings is 1. The summed E-state index contributed by atoms with van der Waals surface area (Å²) in [5.74, 6) is 1.42. The third-order valence-corrected chi connectivity index (χ3v) is 5.00. The van der Waals surface area contributed by atoms with Crippen LogP contribution in [0.5, 0.6) is 0 Å². The summed E-state index contributed by atoms with van der Waals surface area (Å²) in [6, 6.07) is 10.4. The SMILES string of the molecule is CC(C)C1COC(=O)N1c1ccnc(N[C@H]2CCc3ccccc32)n1. The van der Waals surface area contributed by atoms with E-state index in [1.54, 1.807) is 17.2 Å². The molecule has 4 rings (SSSR count). The van der Waals surface area contributed by atoms with Gasteiger partial charge in [-0.05, 0) is 36.0 Å². The summed E-state index contributed by atoms with van der Waals surface area (Å²) in [4.78, 5) is 22.7. The van der Waals surface area contributed by atoms with E-state index in [0.29, 0.717) is 24.3 Å². The molecule has 1 aliphatic heterocycles. The number of aryl methyl sites for hydroxylation is 1. The van der Waals surface area contributed by atoms with Crippen molar-refractivity contribution in [3.05, 3.63) is 47.7 Å². The van der Waals surface area contributed by atoms with Gasteiger partial charge in [0.1, 0.15) is 12.4 Å². The Kier molecular flexibility index (Phi) is 4.03. The zero-order valence-electron chi connectivity index (χ0n) is 14.5. The number of carbonyl (C=O) groups is 1. The van der Waals surface area contributed by atoms with Crippen molar-refractivity contribution in [3.63, 3.8) is 0 Å². The van der Waals surface area contributed by atoms with E-state index in [9.17, 15) is 4.79 Å². The summed E-state index contributed by atoms with van der Waals surface area (Å²) in [5.41, 5.74) is 2.68. The molecule has 1 unspecified atom stereocenters. The highest BCUT2D eigenvalue weighted by Crippen LogP contribution is 2.33. The van der Waals surface area contributed by atoms with Crippen molar-refractivity contribution in [2.24, 2.45) is 5.92 Å². The fourth-order valence-corrected chi connectivity index (χ4v) is 3.61. The molecule has 0 spiro atoms. The van der Waals surface area contributed by atoms with E-state index in [1.165, 1.54) is 11.1 Å². The maximum Gasteiger partial charge on any atom is 0.415 e. The van der Waals surface area contributed by atoms with E-state index >= 15 is 0 Å². The van der Waals surface area contributed by atoms with E-state index < -0.39 is 0 Å². The van der Waals surface area contributed by atoms with Gasteiger partial charge in [-0.3, -0.25) is 4.90 Å². The van der Waals surface area contributed by atoms with E-state index in [-0.39, 0.29) is 18.2 Å². The van der Waals surface area contributed by atoms with Gasteiger partial charge < -0.3 is 10.1 Å². The third-order valence-electron chi connectivity index (χ3n) is 5.00. The van der Waals surface area contributed by atoms with Crippen LogP contribution in [0.25, 0.3) is 0 Å². The Hall–Kier alpha value is -2.63. The largest absolute Gasteiger partial charge is 0.447 e. The van der Waals surface area contributed by atoms with Crippen LogP contribution in [-0.2, 0) is 11.2 Å². The molecule has 2 heterocycles. The molecule has 1 saturated heterocycles. The predicted molar refractivity (Wildman–Crippen MR) is 95.6 cm³/mol. The summed E-state index contributed by atoms with van der Waals surface area (Å²) >= 11 is 0. The lowest BCUT2D eigenvalue weighted by molar-refractivity contribution is 0.177. The van der Waals surface area contributed by atoms with Gasteiger partial charge in [-0.25, -0.2) is 9.78 Å². The molecular weight excluding hydrogens is 316 g/mol. The normalized spacial score (nSPS) is 22.2. The van der Waals surface area contributed by atoms with Crippen molar-refractivity contribution >= 4 is 17.9 Å². The Labute approximate surface area is 147 Å². The monoisotopic (exact) mass is 338 g/mol. The molecule has 1 fully saturated rings. The van der Waals surface area contributed by atoms with Crippen molar-refractivity contribution in [2.45, 2.75) is 38.8 Å². The number of hydrogen-bond donors (Lipinski definition) is 1. The molecule has 6 heteroatoms. The summed E-state index contributed by atoms with van der Waals surface area (Å²) in [6.45, 7) is 4.56. The lowest BCUT2D eigenvalue weighted by Crippen LogP contribution is -2.37. The Bertz CT molecular complexity index is 792. The van der Waals surface area contributed by atoms with Gasteiger partial charge in [-0.15, -0.1) is 0 Å². The van der Waals surface area contributed by atoms with Gasteiger partial charge in [0.25, 0.3) is 0 Å². The minimum atomic E-state index is -0.338. The first-order valence-corrected chi connectivity index (χ1v) is 8.77. The Morgan fingerprint density at radius 1 is 1.28 bits per heavy atom. The standard InChI is InChI=1S/C19H22N4O2/c1-12(2)16-11-25-19(24)23(16)17-9-10-20-18(22-17)21-15-8-7-13-5-3-4-6-14(13)15/h3-6,9-10,12,15-16H,7-8,11H2,1-2H3,(H,20,21,22)/t15-,16?/m0/s1. The molecule has 2 atom stereocenters. The van der Waals surface area contributed by atoms with Crippen LogP contribution in [0.4, 0.5) is 16.6 Å². The highest BCUT2D eigenvalue weighted by Gasteiger charge is 2.37. The van der Waals surface area contributed by atoms with Crippen LogP contribution < -0.4 is 10.2 Å². The molecule has 1 aliphatic carbocycles. The first kappa shape index (κ1) is 15.9. The van der Waals surface area contributed by atoms with Gasteiger partial charge >= 0.3 is 6.09 Å². The molecular formula is C19H22N4O2. The van der Waals surface area contributed by atoms with Crippen LogP contribution in [-0.4, -0.2) is 28.7 Å². The smallest absolute Gasteiger partial charge is 0.415 e. The molecule has 1 N–H and O–H groups in total. The minimum absolute atomic E-state index is 0.00227. The van der Waals surface area contributed by atoms with Gasteiger partial charge in [0, 0.05) is 6.20 Å². The fraction of sp³-hybridized carbons (Fsp3) is 0.421. The number of fused-ring (bicyclic) bond motifs is 1. The van der Waals surface area contributed by atoms with Crippen LogP contribution in [0.15, 0.2) is 36.5 Å². The molecule has 1 amide bonds. The molecule has 0 saturated carbocycles. The second kappa shape index (κ2) is 6.35. The van der Waals surface area contributed by atoms with E-state index in [0.717, 1.165) is 12.8 Å². The number of amides is 1. The van der Waals surface area contributed by atoms with Crippen LogP contribution in [0, 0.1) is 5.92 Å². The second-order valence-electron chi connectivity index (χ2n) is 6.93. The Morgan fingerprint density at radius 3 is 2.96 bits per heavy atom. The van der Waals surface area contributed by atoms with Crippen LogP contribution >= 0.6 is 0 Å². The number of rotatable bonds is 4. The Morgan fingerprint density at radius 2 is 2.12 bits per heavy atom. The van der Waals surface area contributed by atoms with Crippen LogP contribution in [0.3, 0.4) is 0 Å². The molecule has 6 nitrogen and oxygen atoms in total. The van der Waals surface area contributed by atoms with Gasteiger partial charge in [-0.1, -0.05) is 38.1 Å². The van der Waals surface area contributed by atoms with E-state index in [1.807, 2.05) is 0 Å². The number of cyclic esters (lactones) is 1. The van der Waals surface area contributed by atoms with Crippen molar-refractivity contribution in [1.82, 2.24) is 9.97 Å². The van der Waals surface area contributed by atoms with Crippen molar-refractivity contribution in [1.29, 1.82) is 0 Å². The molecule has 0 bridgehead atoms. The summed E-state index contributed by atoms with van der Waals surface area (Å²) < 4.78 is 5.22. The second-order valence-corrected chi connectivity index (χ2v) is 6.93. The highest BCUT2D eigenvalue weighted by atomic mass is 16.6. The van der Waals surface area contributed by atoms with Gasteiger partial charge in [0.15, 0.2) is 0 Å². The molecule has 1 aromatic heterocycles. The zero-order chi connectivity index (χ0) is 17.4. The van der Waals surface area contributed by atoms with Gasteiger partial charge in [0.05, 0.1) is 12.1 Å². The summed E-state index contributed by atoms with van der Waals surface area (Å²) in [5, 5.41) is 3.42. The number of carbonyl (C=O) groups excluding carboxylic acids is 1. The third kappa shape index (κ3) is 2.92. The lowest BCUT2D eigenvalue weighted by Gasteiger charge is -2.23. The number of ether oxygens (including phenoxy) is 1. The quantitative estimate of drug-likeness (QED) is 0.923. The average molecular weight is 338 g/mol. The molecule has 25 heavy (non-hydrogen) atoms. The maximum atomic E-state index is 12.1. The highest BCUT2D eigenvalue weighted by molar-refractivity contribution is 5.89. The summed E-state index contributed by atoms with van der Waals surface area (Å²) in [7, 11) is 0. The van der Waals surface area contributed by atoms with Crippen LogP contribution in [0.1, 0.15) is 37.4 Å². The predicted octanol–water partition coefficient (Wildman–Crippen LogP) is 3.56. The van der Waals surface area contributed by atoms with E-state index in [4.69, 9.17) is 4.74 Å². The van der Waals surface area contributed by atoms with Gasteiger partial charge in [0.2, 0.25) is 5.95 Å². The number of aromatic nitrogens is 2. The van der Waals surface area contributed by atoms with Crippen molar-refractivity contribution in [2.75, 3.05) is 16.8 Å². The Balaban J connectivity index is 1.57.